The Balaban J connectivity index is 1.19. The van der Waals surface area contributed by atoms with Gasteiger partial charge in [-0.15, -0.1) is 0 Å². The summed E-state index contributed by atoms with van der Waals surface area (Å²) in [6.45, 7) is 4.82. The number of amides is 2. The van der Waals surface area contributed by atoms with Crippen molar-refractivity contribution in [3.05, 3.63) is 59.0 Å². The van der Waals surface area contributed by atoms with Crippen molar-refractivity contribution in [2.45, 2.75) is 24.8 Å². The van der Waals surface area contributed by atoms with Crippen LogP contribution < -0.4 is 14.8 Å². The Kier molecular flexibility index (Phi) is 5.88. The standard InChI is InChI=1S/C26H26N4O7S/c1-15(31)27-25(20-4-3-5-22-24(20)28-16(2)37-22)26(32)29-11-17-13-30(14-18(17)12-29)38(33,34)19-6-7-21-23(10-19)36-9-8-35-21/h3-7,10,25H,8-9,11-14H2,1-2H3,(H,27,31). The maximum Gasteiger partial charge on any atom is 0.250 e. The molecule has 198 valence electrons. The molecule has 0 fully saturated rings. The lowest BCUT2D eigenvalue weighted by atomic mass is 10.0. The minimum atomic E-state index is -3.77. The molecular weight excluding hydrogens is 512 g/mol. The highest BCUT2D eigenvalue weighted by Gasteiger charge is 2.40. The van der Waals surface area contributed by atoms with Crippen molar-refractivity contribution in [3.8, 4) is 11.5 Å². The van der Waals surface area contributed by atoms with E-state index in [2.05, 4.69) is 10.3 Å². The van der Waals surface area contributed by atoms with E-state index in [1.165, 1.54) is 23.4 Å². The summed E-state index contributed by atoms with van der Waals surface area (Å²) in [6.07, 6.45) is 0. The Morgan fingerprint density at radius 1 is 1.00 bits per heavy atom. The number of fused-ring (bicyclic) bond motifs is 2. The molecule has 38 heavy (non-hydrogen) atoms. The second-order valence-corrected chi connectivity index (χ2v) is 11.5. The maximum absolute atomic E-state index is 13.7. The molecule has 0 saturated heterocycles. The number of nitrogens with zero attached hydrogens (tertiary/aromatic N) is 3. The summed E-state index contributed by atoms with van der Waals surface area (Å²) >= 11 is 0. The molecule has 2 amide bonds. The number of aryl methyl sites for hydroxylation is 1. The fraction of sp³-hybridized carbons (Fsp3) is 0.346. The van der Waals surface area contributed by atoms with E-state index in [-0.39, 0.29) is 42.9 Å². The lowest BCUT2D eigenvalue weighted by Gasteiger charge is -2.27. The average Bonchev–Trinajstić information content (AvgIpc) is 3.59. The van der Waals surface area contributed by atoms with Gasteiger partial charge in [-0.3, -0.25) is 9.59 Å². The predicted molar refractivity (Wildman–Crippen MR) is 135 cm³/mol. The van der Waals surface area contributed by atoms with Crippen LogP contribution in [0.5, 0.6) is 11.5 Å². The van der Waals surface area contributed by atoms with Crippen molar-refractivity contribution < 1.29 is 31.9 Å². The van der Waals surface area contributed by atoms with Crippen molar-refractivity contribution in [1.82, 2.24) is 19.5 Å². The molecule has 0 spiro atoms. The molecule has 4 heterocycles. The first-order valence-corrected chi connectivity index (χ1v) is 13.7. The van der Waals surface area contributed by atoms with Crippen LogP contribution in [0.3, 0.4) is 0 Å². The van der Waals surface area contributed by atoms with Gasteiger partial charge in [-0.25, -0.2) is 13.4 Å². The average molecular weight is 539 g/mol. The normalized spacial score (nSPS) is 18.1. The third kappa shape index (κ3) is 4.19. The number of nitrogens with one attached hydrogen (secondary N) is 1. The van der Waals surface area contributed by atoms with Gasteiger partial charge in [0.25, 0.3) is 0 Å². The fourth-order valence-corrected chi connectivity index (χ4v) is 6.62. The van der Waals surface area contributed by atoms with Crippen molar-refractivity contribution in [1.29, 1.82) is 0 Å². The zero-order valence-electron chi connectivity index (χ0n) is 20.9. The first-order valence-electron chi connectivity index (χ1n) is 12.2. The molecule has 0 bridgehead atoms. The molecule has 2 aromatic carbocycles. The number of benzene rings is 2. The van der Waals surface area contributed by atoms with Crippen molar-refractivity contribution >= 4 is 32.9 Å². The van der Waals surface area contributed by atoms with Crippen LogP contribution in [0.25, 0.3) is 11.1 Å². The van der Waals surface area contributed by atoms with Gasteiger partial charge in [0.15, 0.2) is 23.0 Å². The molecule has 1 N–H and O–H groups in total. The van der Waals surface area contributed by atoms with Gasteiger partial charge in [-0.2, -0.15) is 4.31 Å². The molecule has 6 rings (SSSR count). The zero-order valence-corrected chi connectivity index (χ0v) is 21.7. The molecule has 0 radical (unpaired) electrons. The molecule has 11 nitrogen and oxygen atoms in total. The predicted octanol–water partition coefficient (Wildman–Crippen LogP) is 1.93. The molecule has 1 aromatic heterocycles. The Labute approximate surface area is 219 Å². The van der Waals surface area contributed by atoms with Crippen molar-refractivity contribution in [2.75, 3.05) is 39.4 Å². The number of hydrogen-bond donors (Lipinski definition) is 1. The number of ether oxygens (including phenoxy) is 2. The van der Waals surface area contributed by atoms with E-state index in [0.717, 1.165) is 11.1 Å². The molecule has 1 unspecified atom stereocenters. The summed E-state index contributed by atoms with van der Waals surface area (Å²) in [6, 6.07) is 8.95. The molecule has 1 atom stereocenters. The van der Waals surface area contributed by atoms with E-state index in [4.69, 9.17) is 13.9 Å². The van der Waals surface area contributed by atoms with Crippen LogP contribution >= 0.6 is 0 Å². The largest absolute Gasteiger partial charge is 0.486 e. The molecule has 0 saturated carbocycles. The van der Waals surface area contributed by atoms with Crippen LogP contribution in [0.2, 0.25) is 0 Å². The topological polar surface area (TPSA) is 131 Å². The Hall–Kier alpha value is -3.90. The summed E-state index contributed by atoms with van der Waals surface area (Å²) < 4.78 is 44.8. The number of oxazole rings is 1. The van der Waals surface area contributed by atoms with E-state index in [0.29, 0.717) is 47.3 Å². The van der Waals surface area contributed by atoms with Gasteiger partial charge in [-0.05, 0) is 29.3 Å². The fourth-order valence-electron chi connectivity index (χ4n) is 5.18. The van der Waals surface area contributed by atoms with E-state index >= 15 is 0 Å². The van der Waals surface area contributed by atoms with Crippen molar-refractivity contribution in [2.24, 2.45) is 0 Å². The lowest BCUT2D eigenvalue weighted by Crippen LogP contribution is -2.43. The summed E-state index contributed by atoms with van der Waals surface area (Å²) in [5, 5.41) is 2.76. The second kappa shape index (κ2) is 9.14. The highest BCUT2D eigenvalue weighted by molar-refractivity contribution is 7.89. The second-order valence-electron chi connectivity index (χ2n) is 9.54. The minimum Gasteiger partial charge on any atom is -0.486 e. The van der Waals surface area contributed by atoms with Crippen LogP contribution in [-0.4, -0.2) is 73.8 Å². The summed E-state index contributed by atoms with van der Waals surface area (Å²) in [5.41, 5.74) is 3.38. The number of carbonyl (C=O) groups is 2. The minimum absolute atomic E-state index is 0.137. The monoisotopic (exact) mass is 538 g/mol. The summed E-state index contributed by atoms with van der Waals surface area (Å²) in [5.74, 6) is 0.760. The third-order valence-corrected chi connectivity index (χ3v) is 8.71. The van der Waals surface area contributed by atoms with E-state index < -0.39 is 16.1 Å². The highest BCUT2D eigenvalue weighted by Crippen LogP contribution is 2.36. The molecule has 0 aliphatic carbocycles. The number of para-hydroxylation sites is 1. The van der Waals surface area contributed by atoms with E-state index in [1.807, 2.05) is 0 Å². The van der Waals surface area contributed by atoms with Crippen molar-refractivity contribution in [3.63, 3.8) is 0 Å². The van der Waals surface area contributed by atoms with Gasteiger partial charge in [0.05, 0.1) is 4.90 Å². The Morgan fingerprint density at radius 3 is 2.42 bits per heavy atom. The number of sulfonamides is 1. The van der Waals surface area contributed by atoms with Gasteiger partial charge in [0.2, 0.25) is 21.8 Å². The smallest absolute Gasteiger partial charge is 0.250 e. The number of aromatic nitrogens is 1. The SMILES string of the molecule is CC(=O)NC(C(=O)N1CC2=C(C1)CN(S(=O)(=O)c1ccc3c(c1)OCCO3)C2)c1cccc2oc(C)nc12. The molecule has 3 aliphatic rings. The maximum atomic E-state index is 13.7. The molecule has 12 heteroatoms. The Morgan fingerprint density at radius 2 is 1.71 bits per heavy atom. The van der Waals surface area contributed by atoms with Gasteiger partial charge in [-0.1, -0.05) is 12.1 Å². The van der Waals surface area contributed by atoms with Crippen LogP contribution in [0.15, 0.2) is 56.9 Å². The van der Waals surface area contributed by atoms with E-state index in [9.17, 15) is 18.0 Å². The summed E-state index contributed by atoms with van der Waals surface area (Å²) in [4.78, 5) is 31.9. The first-order chi connectivity index (χ1) is 18.2. The molecule has 3 aliphatic heterocycles. The lowest BCUT2D eigenvalue weighted by molar-refractivity contribution is -0.135. The Bertz CT molecular complexity index is 1590. The molecule has 3 aromatic rings. The van der Waals surface area contributed by atoms with Gasteiger partial charge >= 0.3 is 0 Å². The van der Waals surface area contributed by atoms with Gasteiger partial charge in [0, 0.05) is 51.7 Å². The van der Waals surface area contributed by atoms with Crippen LogP contribution in [0.4, 0.5) is 0 Å². The first kappa shape index (κ1) is 24.4. The van der Waals surface area contributed by atoms with Gasteiger partial charge < -0.3 is 24.1 Å². The zero-order chi connectivity index (χ0) is 26.6. The summed E-state index contributed by atoms with van der Waals surface area (Å²) in [7, 11) is -3.77. The third-order valence-electron chi connectivity index (χ3n) is 6.92. The number of hydrogen-bond acceptors (Lipinski definition) is 8. The van der Waals surface area contributed by atoms with Crippen LogP contribution in [0, 0.1) is 6.92 Å². The number of carbonyl (C=O) groups excluding carboxylic acids is 2. The van der Waals surface area contributed by atoms with Crippen LogP contribution in [0.1, 0.15) is 24.4 Å². The number of rotatable bonds is 5. The van der Waals surface area contributed by atoms with Crippen LogP contribution in [-0.2, 0) is 19.6 Å². The quantitative estimate of drug-likeness (QED) is 0.488. The van der Waals surface area contributed by atoms with E-state index in [1.54, 1.807) is 36.1 Å². The highest BCUT2D eigenvalue weighted by atomic mass is 32.2. The molecular formula is C26H26N4O7S. The van der Waals surface area contributed by atoms with Gasteiger partial charge in [0.1, 0.15) is 24.8 Å².